The summed E-state index contributed by atoms with van der Waals surface area (Å²) < 4.78 is 39.2. The molecule has 3 N–H and O–H groups in total. The van der Waals surface area contributed by atoms with Crippen LogP contribution in [-0.2, 0) is 37.2 Å². The Kier molecular flexibility index (Phi) is 9.04. The Bertz CT molecular complexity index is 625. The number of rotatable bonds is 8. The van der Waals surface area contributed by atoms with Crippen molar-refractivity contribution in [1.82, 2.24) is 0 Å². The van der Waals surface area contributed by atoms with E-state index >= 15 is 0 Å². The highest BCUT2D eigenvalue weighted by molar-refractivity contribution is 7.89. The average molecular weight is 500 g/mol. The maximum Gasteiger partial charge on any atom is 0.194 e. The summed E-state index contributed by atoms with van der Waals surface area (Å²) >= 11 is 0.230. The lowest BCUT2D eigenvalue weighted by Crippen LogP contribution is -2.64. The number of hydrogen-bond acceptors (Lipinski definition) is 13. The molecule has 33 heavy (non-hydrogen) atoms. The predicted molar refractivity (Wildman–Crippen MR) is 110 cm³/mol. The first kappa shape index (κ1) is 27.5. The fourth-order valence-electron chi connectivity index (χ4n) is 4.38. The molecule has 3 saturated heterocycles. The monoisotopic (exact) mass is 499 g/mol. The summed E-state index contributed by atoms with van der Waals surface area (Å²) in [6, 6.07) is 0. The zero-order valence-corrected chi connectivity index (χ0v) is 20.4. The van der Waals surface area contributed by atoms with Crippen LogP contribution in [0.25, 0.3) is 0 Å². The van der Waals surface area contributed by atoms with Crippen molar-refractivity contribution in [1.29, 1.82) is 0 Å². The van der Waals surface area contributed by atoms with E-state index in [0.717, 1.165) is 0 Å². The normalized spacial score (nSPS) is 42.0. The maximum atomic E-state index is 11.1. The molecule has 3 rings (SSSR count). The number of aliphatic hydroxyl groups is 3. The number of fused-ring (bicyclic) bond motifs is 2. The van der Waals surface area contributed by atoms with Gasteiger partial charge in [0.05, 0.1) is 24.9 Å². The van der Waals surface area contributed by atoms with E-state index in [4.69, 9.17) is 27.9 Å². The standard InChI is InChI=1S/C20H36O12S/c1-19(2,3)17-11(22)15-13(10(26-17)8-25-15)28-18-12(23)16(29-20(4,5)6)14(9(7-21)27-18)30-33-32-31-24/h9-18,21-24H,7-8H2,1-6H3/p-1/t9?,10-,11?,12?,13+,14-,15?,16+,17-,18-/m0/s1. The molecule has 3 heterocycles. The molecule has 3 fully saturated rings. The molecule has 0 amide bonds. The number of aliphatic hydroxyl groups excluding tert-OH is 3. The van der Waals surface area contributed by atoms with E-state index in [1.807, 2.05) is 20.8 Å². The van der Waals surface area contributed by atoms with Crippen LogP contribution in [0.3, 0.4) is 0 Å². The Hall–Kier alpha value is -0.130. The lowest BCUT2D eigenvalue weighted by atomic mass is 9.81. The topological polar surface area (TPSA) is 158 Å². The van der Waals surface area contributed by atoms with E-state index < -0.39 is 73.4 Å². The van der Waals surface area contributed by atoms with E-state index in [1.54, 1.807) is 20.8 Å². The van der Waals surface area contributed by atoms with E-state index in [1.165, 1.54) is 0 Å². The molecule has 0 aromatic heterocycles. The van der Waals surface area contributed by atoms with Gasteiger partial charge in [-0.2, -0.15) is 0 Å². The summed E-state index contributed by atoms with van der Waals surface area (Å²) in [5.74, 6) is 0. The largest absolute Gasteiger partial charge is 0.691 e. The smallest absolute Gasteiger partial charge is 0.194 e. The van der Waals surface area contributed by atoms with Gasteiger partial charge in [-0.1, -0.05) is 20.8 Å². The molecule has 3 aliphatic heterocycles. The van der Waals surface area contributed by atoms with Gasteiger partial charge >= 0.3 is 0 Å². The summed E-state index contributed by atoms with van der Waals surface area (Å²) in [6.45, 7) is 11.0. The Morgan fingerprint density at radius 2 is 1.70 bits per heavy atom. The predicted octanol–water partition coefficient (Wildman–Crippen LogP) is -0.621. The van der Waals surface area contributed by atoms with Crippen LogP contribution in [0.2, 0.25) is 0 Å². The average Bonchev–Trinajstić information content (AvgIpc) is 3.01. The van der Waals surface area contributed by atoms with Crippen molar-refractivity contribution in [3.8, 4) is 0 Å². The fraction of sp³-hybridized carbons (Fsp3) is 1.00. The van der Waals surface area contributed by atoms with E-state index in [2.05, 4.69) is 9.37 Å². The summed E-state index contributed by atoms with van der Waals surface area (Å²) in [5, 5.41) is 45.2. The summed E-state index contributed by atoms with van der Waals surface area (Å²) in [6.07, 6.45) is -8.91. The van der Waals surface area contributed by atoms with Gasteiger partial charge in [0.2, 0.25) is 0 Å². The molecule has 0 spiro atoms. The molecule has 3 aliphatic rings. The molecular formula is C20H35O12S-. The Morgan fingerprint density at radius 3 is 2.27 bits per heavy atom. The highest BCUT2D eigenvalue weighted by Gasteiger charge is 2.57. The molecule has 10 atom stereocenters. The van der Waals surface area contributed by atoms with Crippen molar-refractivity contribution in [2.75, 3.05) is 13.2 Å². The van der Waals surface area contributed by atoms with Gasteiger partial charge in [-0.3, -0.25) is 9.22 Å². The van der Waals surface area contributed by atoms with Gasteiger partial charge in [-0.15, -0.1) is 4.33 Å². The summed E-state index contributed by atoms with van der Waals surface area (Å²) in [4.78, 5) is 0. The Labute approximate surface area is 197 Å². The zero-order chi connectivity index (χ0) is 24.6. The highest BCUT2D eigenvalue weighted by Crippen LogP contribution is 2.40. The summed E-state index contributed by atoms with van der Waals surface area (Å²) in [5.41, 5.74) is -1.02. The number of ether oxygens (including phenoxy) is 5. The second-order valence-electron chi connectivity index (χ2n) is 10.5. The first-order chi connectivity index (χ1) is 15.4. The van der Waals surface area contributed by atoms with E-state index in [-0.39, 0.29) is 24.3 Å². The fourth-order valence-corrected chi connectivity index (χ4v) is 4.76. The van der Waals surface area contributed by atoms with Crippen LogP contribution in [0.4, 0.5) is 0 Å². The molecule has 12 nitrogen and oxygen atoms in total. The van der Waals surface area contributed by atoms with E-state index in [9.17, 15) is 20.6 Å². The van der Waals surface area contributed by atoms with Gasteiger partial charge in [0.25, 0.3) is 0 Å². The van der Waals surface area contributed by atoms with Crippen molar-refractivity contribution in [2.45, 2.75) is 108 Å². The Morgan fingerprint density at radius 1 is 1.00 bits per heavy atom. The minimum absolute atomic E-state index is 0.224. The highest BCUT2D eigenvalue weighted by atomic mass is 32.2. The maximum absolute atomic E-state index is 11.1. The zero-order valence-electron chi connectivity index (χ0n) is 19.6. The minimum atomic E-state index is -1.36. The van der Waals surface area contributed by atoms with Gasteiger partial charge in [-0.05, 0) is 26.2 Å². The molecule has 0 aliphatic carbocycles. The lowest BCUT2D eigenvalue weighted by molar-refractivity contribution is -0.777. The molecular weight excluding hydrogens is 464 g/mol. The third-order valence-corrected chi connectivity index (χ3v) is 6.16. The third kappa shape index (κ3) is 6.36. The van der Waals surface area contributed by atoms with Crippen molar-refractivity contribution in [3.05, 3.63) is 0 Å². The quantitative estimate of drug-likeness (QED) is 0.168. The second kappa shape index (κ2) is 10.9. The molecule has 2 bridgehead atoms. The molecule has 194 valence electrons. The SMILES string of the molecule is CC(C)(C)O[C@@H]1C(O)[C@H](O[C@H]2C3OC[C@@H]2O[C@H](C(C)(C)C)C3O)OC(CO)[C@@H]1OSOO[O-]. The van der Waals surface area contributed by atoms with Gasteiger partial charge < -0.3 is 44.3 Å². The van der Waals surface area contributed by atoms with Crippen molar-refractivity contribution in [3.63, 3.8) is 0 Å². The van der Waals surface area contributed by atoms with Crippen LogP contribution < -0.4 is 5.26 Å². The molecule has 0 aromatic rings. The third-order valence-electron chi connectivity index (χ3n) is 5.75. The van der Waals surface area contributed by atoms with Crippen LogP contribution >= 0.6 is 12.3 Å². The summed E-state index contributed by atoms with van der Waals surface area (Å²) in [7, 11) is 0. The molecule has 0 radical (unpaired) electrons. The van der Waals surface area contributed by atoms with Crippen molar-refractivity contribution < 1.29 is 57.8 Å². The molecule has 0 saturated carbocycles. The van der Waals surface area contributed by atoms with Gasteiger partial charge in [0, 0.05) is 0 Å². The second-order valence-corrected chi connectivity index (χ2v) is 11.0. The first-order valence-electron chi connectivity index (χ1n) is 10.9. The van der Waals surface area contributed by atoms with Crippen molar-refractivity contribution in [2.24, 2.45) is 5.41 Å². The Balaban J connectivity index is 1.77. The van der Waals surface area contributed by atoms with Gasteiger partial charge in [0.1, 0.15) is 48.8 Å². The van der Waals surface area contributed by atoms with E-state index in [0.29, 0.717) is 0 Å². The van der Waals surface area contributed by atoms with Gasteiger partial charge in [0.15, 0.2) is 18.6 Å². The van der Waals surface area contributed by atoms with Crippen LogP contribution in [-0.4, -0.2) is 95.4 Å². The first-order valence-corrected chi connectivity index (χ1v) is 11.6. The van der Waals surface area contributed by atoms with Crippen molar-refractivity contribution >= 4 is 12.3 Å². The number of hydrogen-bond donors (Lipinski definition) is 3. The molecule has 4 unspecified atom stereocenters. The van der Waals surface area contributed by atoms with Gasteiger partial charge in [-0.25, -0.2) is 0 Å². The molecule has 13 heteroatoms. The molecule has 0 aromatic carbocycles. The van der Waals surface area contributed by atoms with Crippen LogP contribution in [0.5, 0.6) is 0 Å². The van der Waals surface area contributed by atoms with Crippen LogP contribution in [0.1, 0.15) is 41.5 Å². The minimum Gasteiger partial charge on any atom is -0.691 e. The lowest BCUT2D eigenvalue weighted by Gasteiger charge is -2.48. The van der Waals surface area contributed by atoms with Crippen LogP contribution in [0.15, 0.2) is 0 Å². The van der Waals surface area contributed by atoms with Crippen LogP contribution in [0, 0.1) is 5.41 Å².